The molecule has 5 rings (SSSR count). The highest BCUT2D eigenvalue weighted by atomic mass is 35.5. The standard InChI is InChI=1S/C20H18ClN7OS/c21-13-10-22-11-17-18(13)27-20(30-17)26-15-6-3-5-14(15)25-19(29)12-4-1-2-7-16(12)28-23-8-9-24-28/h1-2,4,7-11,14-15H,3,5-6H2,(H,25,29)(H,26,27)/t14-,15+/m1/s1. The lowest BCUT2D eigenvalue weighted by Crippen LogP contribution is -2.43. The average Bonchev–Trinajstić information content (AvgIpc) is 3.50. The molecule has 1 aliphatic rings. The highest BCUT2D eigenvalue weighted by molar-refractivity contribution is 7.22. The number of thiazole rings is 1. The molecular weight excluding hydrogens is 422 g/mol. The zero-order chi connectivity index (χ0) is 20.5. The van der Waals surface area contributed by atoms with Gasteiger partial charge in [-0.1, -0.05) is 35.1 Å². The van der Waals surface area contributed by atoms with Gasteiger partial charge in [-0.2, -0.15) is 15.0 Å². The zero-order valence-corrected chi connectivity index (χ0v) is 17.4. The van der Waals surface area contributed by atoms with E-state index in [9.17, 15) is 4.79 Å². The number of pyridine rings is 1. The van der Waals surface area contributed by atoms with Gasteiger partial charge in [0.15, 0.2) is 5.13 Å². The molecular formula is C20H18ClN7OS. The van der Waals surface area contributed by atoms with Gasteiger partial charge >= 0.3 is 0 Å². The maximum Gasteiger partial charge on any atom is 0.253 e. The summed E-state index contributed by atoms with van der Waals surface area (Å²) in [5, 5.41) is 16.3. The Morgan fingerprint density at radius 3 is 2.77 bits per heavy atom. The van der Waals surface area contributed by atoms with E-state index in [1.165, 1.54) is 16.1 Å². The van der Waals surface area contributed by atoms with Gasteiger partial charge in [-0.25, -0.2) is 4.98 Å². The molecule has 1 fully saturated rings. The zero-order valence-electron chi connectivity index (χ0n) is 15.8. The average molecular weight is 440 g/mol. The summed E-state index contributed by atoms with van der Waals surface area (Å²) in [6, 6.07) is 7.41. The number of carbonyl (C=O) groups excluding carboxylic acids is 1. The maximum absolute atomic E-state index is 13.1. The Balaban J connectivity index is 1.33. The van der Waals surface area contributed by atoms with E-state index in [1.807, 2.05) is 18.2 Å². The summed E-state index contributed by atoms with van der Waals surface area (Å²) in [6.07, 6.45) is 9.42. The summed E-state index contributed by atoms with van der Waals surface area (Å²) >= 11 is 7.71. The molecule has 1 saturated carbocycles. The summed E-state index contributed by atoms with van der Waals surface area (Å²) in [6.45, 7) is 0. The number of para-hydroxylation sites is 1. The number of hydrogen-bond acceptors (Lipinski definition) is 7. The molecule has 8 nitrogen and oxygen atoms in total. The fourth-order valence-corrected chi connectivity index (χ4v) is 4.95. The highest BCUT2D eigenvalue weighted by Gasteiger charge is 2.30. The Morgan fingerprint density at radius 1 is 1.13 bits per heavy atom. The molecule has 1 amide bonds. The van der Waals surface area contributed by atoms with E-state index in [0.29, 0.717) is 16.3 Å². The number of fused-ring (bicyclic) bond motifs is 1. The van der Waals surface area contributed by atoms with Gasteiger partial charge in [-0.15, -0.1) is 0 Å². The van der Waals surface area contributed by atoms with E-state index < -0.39 is 0 Å². The SMILES string of the molecule is O=C(N[C@@H]1CCC[C@@H]1Nc1nc2c(Cl)cncc2s1)c1ccccc1-n1nccn1. The molecule has 2 atom stereocenters. The molecule has 30 heavy (non-hydrogen) atoms. The Bertz CT molecular complexity index is 1190. The molecule has 0 saturated heterocycles. The summed E-state index contributed by atoms with van der Waals surface area (Å²) in [5.74, 6) is -0.141. The lowest BCUT2D eigenvalue weighted by atomic mass is 10.1. The number of aromatic nitrogens is 5. The van der Waals surface area contributed by atoms with Crippen molar-refractivity contribution in [2.75, 3.05) is 5.32 Å². The third-order valence-electron chi connectivity index (χ3n) is 5.18. The summed E-state index contributed by atoms with van der Waals surface area (Å²) in [5.41, 5.74) is 1.94. The van der Waals surface area contributed by atoms with Crippen LogP contribution in [0.25, 0.3) is 15.9 Å². The Morgan fingerprint density at radius 2 is 1.93 bits per heavy atom. The normalized spacial score (nSPS) is 18.6. The van der Waals surface area contributed by atoms with Crippen molar-refractivity contribution in [3.63, 3.8) is 0 Å². The first kappa shape index (κ1) is 19.0. The molecule has 2 N–H and O–H groups in total. The van der Waals surface area contributed by atoms with Crippen LogP contribution in [0.4, 0.5) is 5.13 Å². The largest absolute Gasteiger partial charge is 0.357 e. The first-order valence-electron chi connectivity index (χ1n) is 9.62. The molecule has 0 aliphatic heterocycles. The van der Waals surface area contributed by atoms with Crippen LogP contribution in [-0.2, 0) is 0 Å². The van der Waals surface area contributed by atoms with Crippen molar-refractivity contribution in [1.82, 2.24) is 30.3 Å². The molecule has 10 heteroatoms. The van der Waals surface area contributed by atoms with Crippen LogP contribution >= 0.6 is 22.9 Å². The van der Waals surface area contributed by atoms with Gasteiger partial charge in [-0.05, 0) is 31.4 Å². The molecule has 0 spiro atoms. The van der Waals surface area contributed by atoms with Crippen LogP contribution < -0.4 is 10.6 Å². The Hall–Kier alpha value is -3.04. The minimum absolute atomic E-state index is 0.00301. The topological polar surface area (TPSA) is 97.6 Å². The highest BCUT2D eigenvalue weighted by Crippen LogP contribution is 2.32. The number of amides is 1. The van der Waals surface area contributed by atoms with Gasteiger partial charge < -0.3 is 10.6 Å². The fraction of sp³-hybridized carbons (Fsp3) is 0.250. The number of halogens is 1. The monoisotopic (exact) mass is 439 g/mol. The minimum atomic E-state index is -0.141. The number of benzene rings is 1. The number of rotatable bonds is 5. The number of hydrogen-bond donors (Lipinski definition) is 2. The molecule has 0 radical (unpaired) electrons. The van der Waals surface area contributed by atoms with Crippen molar-refractivity contribution in [3.05, 3.63) is 59.6 Å². The molecule has 1 aliphatic carbocycles. The molecule has 152 valence electrons. The predicted molar refractivity (Wildman–Crippen MR) is 116 cm³/mol. The predicted octanol–water partition coefficient (Wildman–Crippen LogP) is 3.69. The fourth-order valence-electron chi connectivity index (χ4n) is 3.77. The molecule has 0 bridgehead atoms. The van der Waals surface area contributed by atoms with Crippen LogP contribution in [0.15, 0.2) is 49.1 Å². The van der Waals surface area contributed by atoms with Gasteiger partial charge in [0.2, 0.25) is 0 Å². The van der Waals surface area contributed by atoms with E-state index >= 15 is 0 Å². The van der Waals surface area contributed by atoms with Gasteiger partial charge in [-0.3, -0.25) is 9.78 Å². The van der Waals surface area contributed by atoms with Crippen LogP contribution in [-0.4, -0.2) is 43.0 Å². The van der Waals surface area contributed by atoms with Crippen LogP contribution in [0.3, 0.4) is 0 Å². The molecule has 0 unspecified atom stereocenters. The van der Waals surface area contributed by atoms with Gasteiger partial charge in [0.1, 0.15) is 5.52 Å². The molecule has 4 aromatic rings. The molecule has 3 aromatic heterocycles. The lowest BCUT2D eigenvalue weighted by molar-refractivity contribution is 0.0935. The second kappa shape index (κ2) is 8.00. The van der Waals surface area contributed by atoms with Crippen molar-refractivity contribution in [3.8, 4) is 5.69 Å². The van der Waals surface area contributed by atoms with E-state index in [4.69, 9.17) is 11.6 Å². The quantitative estimate of drug-likeness (QED) is 0.492. The smallest absolute Gasteiger partial charge is 0.253 e. The van der Waals surface area contributed by atoms with E-state index in [-0.39, 0.29) is 18.0 Å². The molecule has 1 aromatic carbocycles. The number of nitrogens with one attached hydrogen (secondary N) is 2. The first-order valence-corrected chi connectivity index (χ1v) is 10.8. The molecule has 3 heterocycles. The third-order valence-corrected chi connectivity index (χ3v) is 6.38. The minimum Gasteiger partial charge on any atom is -0.357 e. The van der Waals surface area contributed by atoms with E-state index in [0.717, 1.165) is 34.6 Å². The van der Waals surface area contributed by atoms with Crippen LogP contribution in [0, 0.1) is 0 Å². The first-order chi connectivity index (χ1) is 14.7. The van der Waals surface area contributed by atoms with E-state index in [2.05, 4.69) is 30.8 Å². The second-order valence-electron chi connectivity index (χ2n) is 7.08. The van der Waals surface area contributed by atoms with Gasteiger partial charge in [0, 0.05) is 24.5 Å². The summed E-state index contributed by atoms with van der Waals surface area (Å²) in [4.78, 5) is 23.2. The van der Waals surface area contributed by atoms with Gasteiger partial charge in [0.25, 0.3) is 5.91 Å². The van der Waals surface area contributed by atoms with Crippen molar-refractivity contribution in [2.24, 2.45) is 0 Å². The Labute approximate surface area is 181 Å². The van der Waals surface area contributed by atoms with Crippen molar-refractivity contribution in [2.45, 2.75) is 31.3 Å². The van der Waals surface area contributed by atoms with Crippen molar-refractivity contribution >= 4 is 44.2 Å². The summed E-state index contributed by atoms with van der Waals surface area (Å²) < 4.78 is 0.934. The number of carbonyl (C=O) groups is 1. The van der Waals surface area contributed by atoms with Crippen LogP contribution in [0.2, 0.25) is 5.02 Å². The summed E-state index contributed by atoms with van der Waals surface area (Å²) in [7, 11) is 0. The van der Waals surface area contributed by atoms with Crippen molar-refractivity contribution in [1.29, 1.82) is 0 Å². The third kappa shape index (κ3) is 3.61. The lowest BCUT2D eigenvalue weighted by Gasteiger charge is -2.22. The second-order valence-corrected chi connectivity index (χ2v) is 8.52. The van der Waals surface area contributed by atoms with Gasteiger partial charge in [0.05, 0.1) is 33.4 Å². The van der Waals surface area contributed by atoms with Crippen LogP contribution in [0.5, 0.6) is 0 Å². The van der Waals surface area contributed by atoms with E-state index in [1.54, 1.807) is 30.9 Å². The maximum atomic E-state index is 13.1. The van der Waals surface area contributed by atoms with Crippen LogP contribution in [0.1, 0.15) is 29.6 Å². The van der Waals surface area contributed by atoms with Crippen molar-refractivity contribution < 1.29 is 4.79 Å². The number of anilines is 1. The number of nitrogens with zero attached hydrogens (tertiary/aromatic N) is 5. The Kier molecular flexibility index (Phi) is 5.06.